The minimum atomic E-state index is 0.272. The molecule has 0 bridgehead atoms. The van der Waals surface area contributed by atoms with Gasteiger partial charge in [-0.15, -0.1) is 6.42 Å². The Bertz CT molecular complexity index is 323. The van der Waals surface area contributed by atoms with E-state index in [4.69, 9.17) is 15.9 Å². The maximum absolute atomic E-state index is 5.24. The molecule has 0 saturated carbocycles. The van der Waals surface area contributed by atoms with Gasteiger partial charge in [-0.25, -0.2) is 0 Å². The topological polar surface area (TPSA) is 18.5 Å². The van der Waals surface area contributed by atoms with Gasteiger partial charge in [0.2, 0.25) is 6.79 Å². The summed E-state index contributed by atoms with van der Waals surface area (Å²) in [5, 5.41) is 0. The second-order valence-corrected chi connectivity index (χ2v) is 2.18. The van der Waals surface area contributed by atoms with Crippen LogP contribution in [-0.4, -0.2) is 6.79 Å². The van der Waals surface area contributed by atoms with Gasteiger partial charge < -0.3 is 9.47 Å². The largest absolute Gasteiger partial charge is 0.454 e. The molecular weight excluding hydrogens is 140 g/mol. The summed E-state index contributed by atoms with van der Waals surface area (Å²) in [5.74, 6) is 3.95. The Hall–Kier alpha value is -1.62. The van der Waals surface area contributed by atoms with Crippen LogP contribution in [0.25, 0.3) is 0 Å². The van der Waals surface area contributed by atoms with E-state index in [1.165, 1.54) is 0 Å². The number of benzene rings is 1. The van der Waals surface area contributed by atoms with Gasteiger partial charge in [0.1, 0.15) is 0 Å². The third kappa shape index (κ3) is 0.821. The summed E-state index contributed by atoms with van der Waals surface area (Å²) in [4.78, 5) is 0. The van der Waals surface area contributed by atoms with Gasteiger partial charge in [0, 0.05) is 0 Å². The van der Waals surface area contributed by atoms with Gasteiger partial charge >= 0.3 is 0 Å². The first-order chi connectivity index (χ1) is 5.42. The van der Waals surface area contributed by atoms with E-state index in [2.05, 4.69) is 5.92 Å². The smallest absolute Gasteiger partial charge is 0.231 e. The van der Waals surface area contributed by atoms with Crippen LogP contribution in [0.1, 0.15) is 5.56 Å². The van der Waals surface area contributed by atoms with Crippen LogP contribution in [0.2, 0.25) is 0 Å². The monoisotopic (exact) mass is 146 g/mol. The number of ether oxygens (including phenoxy) is 2. The summed E-state index contributed by atoms with van der Waals surface area (Å²) in [6.45, 7) is 0.272. The van der Waals surface area contributed by atoms with Crippen molar-refractivity contribution in [2.45, 2.75) is 0 Å². The van der Waals surface area contributed by atoms with Crippen molar-refractivity contribution >= 4 is 0 Å². The number of hydrogen-bond donors (Lipinski definition) is 0. The summed E-state index contributed by atoms with van der Waals surface area (Å²) < 4.78 is 10.3. The van der Waals surface area contributed by atoms with E-state index in [-0.39, 0.29) is 6.79 Å². The fourth-order valence-electron chi connectivity index (χ4n) is 1.04. The molecule has 0 spiro atoms. The molecule has 1 aliphatic heterocycles. The Morgan fingerprint density at radius 3 is 3.09 bits per heavy atom. The van der Waals surface area contributed by atoms with Crippen LogP contribution in [-0.2, 0) is 0 Å². The summed E-state index contributed by atoms with van der Waals surface area (Å²) in [5.41, 5.74) is 0.750. The van der Waals surface area contributed by atoms with Crippen molar-refractivity contribution in [3.05, 3.63) is 23.8 Å². The molecule has 0 aliphatic carbocycles. The highest BCUT2D eigenvalue weighted by Crippen LogP contribution is 2.34. The second kappa shape index (κ2) is 2.21. The number of hydrogen-bond acceptors (Lipinski definition) is 2. The summed E-state index contributed by atoms with van der Waals surface area (Å²) in [6, 6.07) is 5.51. The van der Waals surface area contributed by atoms with E-state index in [9.17, 15) is 0 Å². The molecule has 1 aromatic rings. The molecule has 0 amide bonds. The Balaban J connectivity index is 2.61. The standard InChI is InChI=1S/C9H6O2/c1-2-7-4-3-5-8-9(7)11-6-10-8/h1,3-5H,6H2. The highest BCUT2D eigenvalue weighted by molar-refractivity contribution is 5.54. The third-order valence-corrected chi connectivity index (χ3v) is 1.55. The Kier molecular flexibility index (Phi) is 1.23. The minimum absolute atomic E-state index is 0.272. The number of fused-ring (bicyclic) bond motifs is 1. The van der Waals surface area contributed by atoms with Gasteiger partial charge in [0.15, 0.2) is 11.5 Å². The first-order valence-electron chi connectivity index (χ1n) is 3.27. The van der Waals surface area contributed by atoms with Gasteiger partial charge in [0.05, 0.1) is 5.56 Å². The molecule has 2 rings (SSSR count). The number of rotatable bonds is 0. The lowest BCUT2D eigenvalue weighted by Gasteiger charge is -1.96. The van der Waals surface area contributed by atoms with E-state index >= 15 is 0 Å². The first kappa shape index (κ1) is 6.11. The van der Waals surface area contributed by atoms with Crippen LogP contribution >= 0.6 is 0 Å². The van der Waals surface area contributed by atoms with Crippen LogP contribution in [0.15, 0.2) is 18.2 Å². The van der Waals surface area contributed by atoms with Crippen molar-refractivity contribution in [1.29, 1.82) is 0 Å². The lowest BCUT2D eigenvalue weighted by atomic mass is 10.2. The zero-order chi connectivity index (χ0) is 7.68. The van der Waals surface area contributed by atoms with Crippen molar-refractivity contribution < 1.29 is 9.47 Å². The average molecular weight is 146 g/mol. The van der Waals surface area contributed by atoms with E-state index in [0.29, 0.717) is 5.75 Å². The molecule has 2 nitrogen and oxygen atoms in total. The highest BCUT2D eigenvalue weighted by Gasteiger charge is 2.15. The SMILES string of the molecule is C#Cc1cccc2c1OCO2. The molecule has 0 N–H and O–H groups in total. The molecule has 2 heteroatoms. The lowest BCUT2D eigenvalue weighted by molar-refractivity contribution is 0.173. The molecule has 0 saturated heterocycles. The third-order valence-electron chi connectivity index (χ3n) is 1.55. The van der Waals surface area contributed by atoms with Gasteiger partial charge in [-0.3, -0.25) is 0 Å². The lowest BCUT2D eigenvalue weighted by Crippen LogP contribution is -1.93. The quantitative estimate of drug-likeness (QED) is 0.515. The summed E-state index contributed by atoms with van der Waals surface area (Å²) in [7, 11) is 0. The first-order valence-corrected chi connectivity index (χ1v) is 3.27. The number of para-hydroxylation sites is 1. The molecule has 11 heavy (non-hydrogen) atoms. The van der Waals surface area contributed by atoms with Crippen molar-refractivity contribution in [1.82, 2.24) is 0 Å². The number of terminal acetylenes is 1. The molecule has 0 radical (unpaired) electrons. The predicted molar refractivity (Wildman–Crippen MR) is 40.5 cm³/mol. The molecule has 0 atom stereocenters. The second-order valence-electron chi connectivity index (χ2n) is 2.18. The maximum Gasteiger partial charge on any atom is 0.231 e. The van der Waals surface area contributed by atoms with Crippen LogP contribution in [0.5, 0.6) is 11.5 Å². The van der Waals surface area contributed by atoms with E-state index in [1.807, 2.05) is 18.2 Å². The van der Waals surface area contributed by atoms with Crippen LogP contribution < -0.4 is 9.47 Å². The summed E-state index contributed by atoms with van der Waals surface area (Å²) >= 11 is 0. The van der Waals surface area contributed by atoms with Gasteiger partial charge in [0.25, 0.3) is 0 Å². The summed E-state index contributed by atoms with van der Waals surface area (Å²) in [6.07, 6.45) is 5.24. The molecule has 54 valence electrons. The van der Waals surface area contributed by atoms with Crippen LogP contribution in [0, 0.1) is 12.3 Å². The Morgan fingerprint density at radius 2 is 2.27 bits per heavy atom. The zero-order valence-corrected chi connectivity index (χ0v) is 5.83. The molecule has 1 heterocycles. The van der Waals surface area contributed by atoms with E-state index in [1.54, 1.807) is 0 Å². The highest BCUT2D eigenvalue weighted by atomic mass is 16.7. The van der Waals surface area contributed by atoms with Crippen molar-refractivity contribution in [2.75, 3.05) is 6.79 Å². The normalized spacial score (nSPS) is 12.6. The maximum atomic E-state index is 5.24. The van der Waals surface area contributed by atoms with Crippen molar-refractivity contribution in [3.63, 3.8) is 0 Å². The van der Waals surface area contributed by atoms with Crippen LogP contribution in [0.4, 0.5) is 0 Å². The van der Waals surface area contributed by atoms with Gasteiger partial charge in [-0.05, 0) is 12.1 Å². The Morgan fingerprint density at radius 1 is 1.36 bits per heavy atom. The molecule has 1 aromatic carbocycles. The van der Waals surface area contributed by atoms with E-state index in [0.717, 1.165) is 11.3 Å². The minimum Gasteiger partial charge on any atom is -0.454 e. The zero-order valence-electron chi connectivity index (χ0n) is 5.83. The average Bonchev–Trinajstić information content (AvgIpc) is 2.50. The van der Waals surface area contributed by atoms with Gasteiger partial charge in [-0.1, -0.05) is 12.0 Å². The molecule has 0 fully saturated rings. The molecular formula is C9H6O2. The van der Waals surface area contributed by atoms with Crippen molar-refractivity contribution in [3.8, 4) is 23.8 Å². The van der Waals surface area contributed by atoms with Crippen molar-refractivity contribution in [2.24, 2.45) is 0 Å². The Labute approximate surface area is 64.7 Å². The van der Waals surface area contributed by atoms with Gasteiger partial charge in [-0.2, -0.15) is 0 Å². The van der Waals surface area contributed by atoms with E-state index < -0.39 is 0 Å². The molecule has 0 unspecified atom stereocenters. The molecule has 0 aromatic heterocycles. The molecule has 1 aliphatic rings. The fourth-order valence-corrected chi connectivity index (χ4v) is 1.04. The fraction of sp³-hybridized carbons (Fsp3) is 0.111. The van der Waals surface area contributed by atoms with Crippen LogP contribution in [0.3, 0.4) is 0 Å². The predicted octanol–water partition coefficient (Wildman–Crippen LogP) is 1.40.